The van der Waals surface area contributed by atoms with Gasteiger partial charge in [-0.1, -0.05) is 41.9 Å². The van der Waals surface area contributed by atoms with Crippen LogP contribution in [0.15, 0.2) is 36.4 Å². The van der Waals surface area contributed by atoms with E-state index in [1.807, 2.05) is 61.0 Å². The lowest BCUT2D eigenvalue weighted by Gasteiger charge is -2.39. The molecule has 0 unspecified atom stereocenters. The first-order chi connectivity index (χ1) is 22.8. The van der Waals surface area contributed by atoms with E-state index in [9.17, 15) is 14.4 Å². The minimum atomic E-state index is -0.908. The average Bonchev–Trinajstić information content (AvgIpc) is 3.11. The molecular formula is C37H52ClN5O4. The number of nitrogens with zero attached hydrogens (tertiary/aromatic N) is 3. The summed E-state index contributed by atoms with van der Waals surface area (Å²) in [5, 5.41) is 7.39. The lowest BCUT2D eigenvalue weighted by molar-refractivity contribution is -0.142. The first-order valence-electron chi connectivity index (χ1n) is 17.4. The molecule has 2 N–H and O–H groups in total. The first-order valence-corrected chi connectivity index (χ1v) is 17.8. The second-order valence-corrected chi connectivity index (χ2v) is 14.0. The van der Waals surface area contributed by atoms with E-state index in [4.69, 9.17) is 16.3 Å². The van der Waals surface area contributed by atoms with Crippen LogP contribution in [0, 0.1) is 25.7 Å². The SMILES string of the molecule is CNc1ccccc1CCN(C=O)C1CCN(C(=O)O[C@H](Cc2cc(C)c(Cl)c(C)c2)C(=O)N2CCC(C3CCNCC3)CC2)CC1. The van der Waals surface area contributed by atoms with Crippen LogP contribution in [-0.2, 0) is 27.2 Å². The molecule has 3 saturated heterocycles. The monoisotopic (exact) mass is 665 g/mol. The molecule has 1 atom stereocenters. The van der Waals surface area contributed by atoms with E-state index in [1.54, 1.807) is 4.90 Å². The van der Waals surface area contributed by atoms with Crippen molar-refractivity contribution in [3.05, 3.63) is 63.7 Å². The second-order valence-electron chi connectivity index (χ2n) is 13.6. The van der Waals surface area contributed by atoms with Gasteiger partial charge in [-0.2, -0.15) is 0 Å². The molecule has 0 radical (unpaired) electrons. The van der Waals surface area contributed by atoms with Crippen molar-refractivity contribution in [2.75, 3.05) is 58.2 Å². The number of aryl methyl sites for hydroxylation is 2. The van der Waals surface area contributed by atoms with E-state index >= 15 is 0 Å². The number of carbonyl (C=O) groups excluding carboxylic acids is 3. The van der Waals surface area contributed by atoms with Gasteiger partial charge in [-0.25, -0.2) is 4.79 Å². The van der Waals surface area contributed by atoms with E-state index in [0.717, 1.165) is 67.1 Å². The molecule has 3 aliphatic heterocycles. The van der Waals surface area contributed by atoms with Gasteiger partial charge in [0.15, 0.2) is 6.10 Å². The fourth-order valence-corrected chi connectivity index (χ4v) is 7.90. The van der Waals surface area contributed by atoms with Gasteiger partial charge >= 0.3 is 6.09 Å². The molecule has 10 heteroatoms. The van der Waals surface area contributed by atoms with Gasteiger partial charge in [0.05, 0.1) is 0 Å². The molecule has 9 nitrogen and oxygen atoms in total. The number of hydrogen-bond donors (Lipinski definition) is 2. The number of likely N-dealkylation sites (tertiary alicyclic amines) is 2. The molecule has 0 spiro atoms. The second kappa shape index (κ2) is 16.7. The Hall–Kier alpha value is -3.30. The highest BCUT2D eigenvalue weighted by Crippen LogP contribution is 2.32. The standard InChI is InChI=1S/C37H52ClN5O4/c1-26-22-28(23-27(2)35(26)38)24-34(36(45)41-17-10-30(11-18-41)29-8-15-40-16-9-29)47-37(46)42-20-13-32(14-21-42)43(25-44)19-12-31-6-4-5-7-33(31)39-3/h4-7,22-23,25,29-30,32,34,39-40H,8-21,24H2,1-3H3/t34-/m1/s1. The Bertz CT molecular complexity index is 1340. The maximum atomic E-state index is 14.0. The Morgan fingerprint density at radius 2 is 1.60 bits per heavy atom. The summed E-state index contributed by atoms with van der Waals surface area (Å²) >= 11 is 6.44. The van der Waals surface area contributed by atoms with Crippen molar-refractivity contribution in [3.63, 3.8) is 0 Å². The fourth-order valence-electron chi connectivity index (χ4n) is 7.79. The molecule has 0 aliphatic carbocycles. The Morgan fingerprint density at radius 3 is 2.23 bits per heavy atom. The Kier molecular flexibility index (Phi) is 12.4. The molecule has 0 saturated carbocycles. The van der Waals surface area contributed by atoms with Crippen LogP contribution in [0.3, 0.4) is 0 Å². The van der Waals surface area contributed by atoms with Crippen LogP contribution >= 0.6 is 11.6 Å². The Morgan fingerprint density at radius 1 is 0.979 bits per heavy atom. The lowest BCUT2D eigenvalue weighted by Crippen LogP contribution is -2.50. The minimum Gasteiger partial charge on any atom is -0.436 e. The zero-order chi connectivity index (χ0) is 33.3. The normalized spacial score (nSPS) is 18.9. The predicted octanol–water partition coefficient (Wildman–Crippen LogP) is 5.45. The van der Waals surface area contributed by atoms with Crippen LogP contribution in [0.25, 0.3) is 0 Å². The van der Waals surface area contributed by atoms with Crippen molar-refractivity contribution in [1.29, 1.82) is 0 Å². The molecule has 0 aromatic heterocycles. The van der Waals surface area contributed by atoms with E-state index < -0.39 is 12.2 Å². The molecule has 3 fully saturated rings. The molecule has 5 rings (SSSR count). The largest absolute Gasteiger partial charge is 0.436 e. The third kappa shape index (κ3) is 8.99. The zero-order valence-electron chi connectivity index (χ0n) is 28.3. The van der Waals surface area contributed by atoms with Gasteiger partial charge in [0, 0.05) is 62.9 Å². The Balaban J connectivity index is 1.20. The Labute approximate surface area is 285 Å². The average molecular weight is 666 g/mol. The summed E-state index contributed by atoms with van der Waals surface area (Å²) in [7, 11) is 1.90. The quantitative estimate of drug-likeness (QED) is 0.310. The third-order valence-electron chi connectivity index (χ3n) is 10.6. The van der Waals surface area contributed by atoms with Crippen LogP contribution in [0.5, 0.6) is 0 Å². The molecule has 2 aromatic carbocycles. The highest BCUT2D eigenvalue weighted by atomic mass is 35.5. The molecule has 2 aromatic rings. The number of anilines is 1. The smallest absolute Gasteiger partial charge is 0.410 e. The minimum absolute atomic E-state index is 0.0528. The number of amides is 3. The summed E-state index contributed by atoms with van der Waals surface area (Å²) < 4.78 is 6.08. The highest BCUT2D eigenvalue weighted by Gasteiger charge is 2.35. The number of rotatable bonds is 11. The molecule has 0 bridgehead atoms. The number of carbonyl (C=O) groups is 3. The van der Waals surface area contributed by atoms with Crippen LogP contribution in [0.1, 0.15) is 60.8 Å². The molecule has 3 heterocycles. The number of halogens is 1. The summed E-state index contributed by atoms with van der Waals surface area (Å²) in [4.78, 5) is 45.1. The molecule has 3 amide bonds. The third-order valence-corrected chi connectivity index (χ3v) is 11.2. The summed E-state index contributed by atoms with van der Waals surface area (Å²) in [6, 6.07) is 12.1. The summed E-state index contributed by atoms with van der Waals surface area (Å²) in [5.41, 5.74) is 5.05. The van der Waals surface area contributed by atoms with E-state index in [-0.39, 0.29) is 11.9 Å². The number of para-hydroxylation sites is 1. The number of benzene rings is 2. The molecular weight excluding hydrogens is 614 g/mol. The van der Waals surface area contributed by atoms with Crippen molar-refractivity contribution in [3.8, 4) is 0 Å². The van der Waals surface area contributed by atoms with Crippen LogP contribution in [0.4, 0.5) is 10.5 Å². The maximum Gasteiger partial charge on any atom is 0.410 e. The topological polar surface area (TPSA) is 94.2 Å². The summed E-state index contributed by atoms with van der Waals surface area (Å²) in [6.07, 6.45) is 6.36. The van der Waals surface area contributed by atoms with Gasteiger partial charge in [-0.15, -0.1) is 0 Å². The zero-order valence-corrected chi connectivity index (χ0v) is 29.1. The van der Waals surface area contributed by atoms with Crippen LogP contribution < -0.4 is 10.6 Å². The van der Waals surface area contributed by atoms with E-state index in [0.29, 0.717) is 62.9 Å². The summed E-state index contributed by atoms with van der Waals surface area (Å²) in [6.45, 7) is 9.04. The number of piperidine rings is 3. The highest BCUT2D eigenvalue weighted by molar-refractivity contribution is 6.32. The van der Waals surface area contributed by atoms with E-state index in [2.05, 4.69) is 16.7 Å². The van der Waals surface area contributed by atoms with Gasteiger partial charge in [-0.05, 0) is 112 Å². The van der Waals surface area contributed by atoms with E-state index in [1.165, 1.54) is 18.4 Å². The maximum absolute atomic E-state index is 14.0. The first kappa shape index (κ1) is 35.0. The van der Waals surface area contributed by atoms with Gasteiger partial charge in [0.2, 0.25) is 6.41 Å². The van der Waals surface area contributed by atoms with Crippen molar-refractivity contribution in [2.24, 2.45) is 11.8 Å². The van der Waals surface area contributed by atoms with Crippen LogP contribution in [-0.4, -0.2) is 98.1 Å². The van der Waals surface area contributed by atoms with Gasteiger partial charge in [0.1, 0.15) is 0 Å². The van der Waals surface area contributed by atoms with Gasteiger partial charge < -0.3 is 30.1 Å². The van der Waals surface area contributed by atoms with Gasteiger partial charge in [0.25, 0.3) is 5.91 Å². The predicted molar refractivity (Wildman–Crippen MR) is 187 cm³/mol. The van der Waals surface area contributed by atoms with Crippen LogP contribution in [0.2, 0.25) is 5.02 Å². The van der Waals surface area contributed by atoms with Crippen molar-refractivity contribution in [1.82, 2.24) is 20.0 Å². The summed E-state index contributed by atoms with van der Waals surface area (Å²) in [5.74, 6) is 1.26. The molecule has 256 valence electrons. The molecule has 3 aliphatic rings. The van der Waals surface area contributed by atoms with Crippen molar-refractivity contribution in [2.45, 2.75) is 77.4 Å². The molecule has 47 heavy (non-hydrogen) atoms. The number of ether oxygens (including phenoxy) is 1. The van der Waals surface area contributed by atoms with Crippen molar-refractivity contribution < 1.29 is 19.1 Å². The number of hydrogen-bond acceptors (Lipinski definition) is 6. The lowest BCUT2D eigenvalue weighted by atomic mass is 9.79. The number of nitrogens with one attached hydrogen (secondary N) is 2. The van der Waals surface area contributed by atoms with Crippen molar-refractivity contribution >= 4 is 35.7 Å². The fraction of sp³-hybridized carbons (Fsp3) is 0.595. The van der Waals surface area contributed by atoms with Gasteiger partial charge in [-0.3, -0.25) is 9.59 Å².